The first-order valence-corrected chi connectivity index (χ1v) is 7.10. The maximum Gasteiger partial charge on any atom is 0.293 e. The fourth-order valence-electron chi connectivity index (χ4n) is 2.62. The molecule has 1 aliphatic rings. The number of para-hydroxylation sites is 1. The maximum absolute atomic E-state index is 12.6. The number of nitrogens with one attached hydrogen (secondary N) is 1. The predicted octanol–water partition coefficient (Wildman–Crippen LogP) is 2.90. The molecule has 2 rings (SSSR count). The number of anilines is 1. The predicted molar refractivity (Wildman–Crippen MR) is 81.6 cm³/mol. The van der Waals surface area contributed by atoms with Gasteiger partial charge in [0.15, 0.2) is 0 Å². The summed E-state index contributed by atoms with van der Waals surface area (Å²) in [5.41, 5.74) is 0.843. The van der Waals surface area contributed by atoms with E-state index in [2.05, 4.69) is 19.2 Å². The molecule has 1 fully saturated rings. The van der Waals surface area contributed by atoms with E-state index in [0.717, 1.165) is 12.8 Å². The highest BCUT2D eigenvalue weighted by Crippen LogP contribution is 2.33. The minimum Gasteiger partial charge on any atom is -0.382 e. The van der Waals surface area contributed by atoms with Gasteiger partial charge in [0.25, 0.3) is 11.6 Å². The number of nitro groups is 1. The molecule has 6 heteroatoms. The van der Waals surface area contributed by atoms with Crippen molar-refractivity contribution >= 4 is 17.3 Å². The first-order chi connectivity index (χ1) is 9.85. The summed E-state index contributed by atoms with van der Waals surface area (Å²) >= 11 is 0. The Morgan fingerprint density at radius 3 is 2.48 bits per heavy atom. The molecule has 0 aromatic heterocycles. The first kappa shape index (κ1) is 15.3. The normalized spacial score (nSPS) is 17.4. The Hall–Kier alpha value is -2.11. The number of hydrogen-bond donors (Lipinski definition) is 1. The third-order valence-corrected chi connectivity index (χ3v) is 4.12. The lowest BCUT2D eigenvalue weighted by atomic mass is 9.82. The molecule has 0 unspecified atom stereocenters. The van der Waals surface area contributed by atoms with Crippen molar-refractivity contribution in [1.29, 1.82) is 0 Å². The van der Waals surface area contributed by atoms with Crippen LogP contribution in [0.3, 0.4) is 0 Å². The van der Waals surface area contributed by atoms with E-state index in [0.29, 0.717) is 18.7 Å². The highest BCUT2D eigenvalue weighted by molar-refractivity contribution is 6.01. The Morgan fingerprint density at radius 2 is 1.95 bits per heavy atom. The van der Waals surface area contributed by atoms with Crippen molar-refractivity contribution < 1.29 is 9.72 Å². The number of likely N-dealkylation sites (tertiary alicyclic amines) is 1. The highest BCUT2D eigenvalue weighted by atomic mass is 16.6. The third kappa shape index (κ3) is 3.15. The standard InChI is InChI=1S/C15H21N3O3/c1-15(2)7-9-17(10-8-15)14(19)11-5-4-6-12(18(20)21)13(11)16-3/h4-6,16H,7-10H2,1-3H3. The van der Waals surface area contributed by atoms with Crippen molar-refractivity contribution in [2.45, 2.75) is 26.7 Å². The monoisotopic (exact) mass is 291 g/mol. The van der Waals surface area contributed by atoms with Crippen molar-refractivity contribution in [3.05, 3.63) is 33.9 Å². The van der Waals surface area contributed by atoms with Crippen molar-refractivity contribution in [2.24, 2.45) is 5.41 Å². The fourth-order valence-corrected chi connectivity index (χ4v) is 2.62. The highest BCUT2D eigenvalue weighted by Gasteiger charge is 2.30. The first-order valence-electron chi connectivity index (χ1n) is 7.10. The number of amides is 1. The van der Waals surface area contributed by atoms with Crippen molar-refractivity contribution in [1.82, 2.24) is 4.90 Å². The second-order valence-electron chi connectivity index (χ2n) is 6.16. The minimum atomic E-state index is -0.470. The van der Waals surface area contributed by atoms with Crippen molar-refractivity contribution in [3.8, 4) is 0 Å². The number of benzene rings is 1. The number of carbonyl (C=O) groups excluding carboxylic acids is 1. The van der Waals surface area contributed by atoms with E-state index in [1.54, 1.807) is 24.1 Å². The Bertz CT molecular complexity index is 559. The zero-order chi connectivity index (χ0) is 15.6. The zero-order valence-electron chi connectivity index (χ0n) is 12.7. The molecule has 0 aliphatic carbocycles. The van der Waals surface area contributed by atoms with Gasteiger partial charge in [-0.2, -0.15) is 0 Å². The summed E-state index contributed by atoms with van der Waals surface area (Å²) in [6, 6.07) is 4.60. The molecule has 1 heterocycles. The lowest BCUT2D eigenvalue weighted by molar-refractivity contribution is -0.384. The van der Waals surface area contributed by atoms with Gasteiger partial charge in [-0.15, -0.1) is 0 Å². The van der Waals surface area contributed by atoms with Crippen LogP contribution in [0.4, 0.5) is 11.4 Å². The molecule has 1 saturated heterocycles. The van der Waals surface area contributed by atoms with Crippen LogP contribution in [-0.2, 0) is 0 Å². The second-order valence-corrected chi connectivity index (χ2v) is 6.16. The summed E-state index contributed by atoms with van der Waals surface area (Å²) in [5, 5.41) is 13.9. The molecule has 114 valence electrons. The summed E-state index contributed by atoms with van der Waals surface area (Å²) < 4.78 is 0. The van der Waals surface area contributed by atoms with E-state index >= 15 is 0 Å². The van der Waals surface area contributed by atoms with Gasteiger partial charge in [-0.05, 0) is 24.3 Å². The number of nitro benzene ring substituents is 1. The zero-order valence-corrected chi connectivity index (χ0v) is 12.7. The van der Waals surface area contributed by atoms with E-state index in [9.17, 15) is 14.9 Å². The van der Waals surface area contributed by atoms with E-state index in [1.165, 1.54) is 6.07 Å². The van der Waals surface area contributed by atoms with Gasteiger partial charge >= 0.3 is 0 Å². The van der Waals surface area contributed by atoms with Crippen LogP contribution in [0.15, 0.2) is 18.2 Å². The Kier molecular flexibility index (Phi) is 4.16. The summed E-state index contributed by atoms with van der Waals surface area (Å²) in [4.78, 5) is 25.0. The van der Waals surface area contributed by atoms with Gasteiger partial charge in [-0.25, -0.2) is 0 Å². The molecular formula is C15H21N3O3. The van der Waals surface area contributed by atoms with Gasteiger partial charge in [0.2, 0.25) is 0 Å². The van der Waals surface area contributed by atoms with Crippen LogP contribution in [0.5, 0.6) is 0 Å². The number of hydrogen-bond acceptors (Lipinski definition) is 4. The van der Waals surface area contributed by atoms with Gasteiger partial charge < -0.3 is 10.2 Å². The van der Waals surface area contributed by atoms with Crippen LogP contribution in [0.25, 0.3) is 0 Å². The van der Waals surface area contributed by atoms with Gasteiger partial charge in [0.05, 0.1) is 10.5 Å². The van der Waals surface area contributed by atoms with Crippen LogP contribution in [-0.4, -0.2) is 35.9 Å². The Balaban J connectivity index is 2.28. The molecule has 1 aromatic carbocycles. The molecule has 0 saturated carbocycles. The van der Waals surface area contributed by atoms with Crippen LogP contribution in [0.2, 0.25) is 0 Å². The lowest BCUT2D eigenvalue weighted by Crippen LogP contribution is -2.41. The van der Waals surface area contributed by atoms with Gasteiger partial charge in [-0.1, -0.05) is 19.9 Å². The smallest absolute Gasteiger partial charge is 0.293 e. The molecule has 6 nitrogen and oxygen atoms in total. The number of rotatable bonds is 3. The lowest BCUT2D eigenvalue weighted by Gasteiger charge is -2.37. The summed E-state index contributed by atoms with van der Waals surface area (Å²) in [6.45, 7) is 5.78. The van der Waals surface area contributed by atoms with E-state index in [-0.39, 0.29) is 22.7 Å². The van der Waals surface area contributed by atoms with E-state index in [4.69, 9.17) is 0 Å². The fraction of sp³-hybridized carbons (Fsp3) is 0.533. The molecule has 0 atom stereocenters. The van der Waals surface area contributed by atoms with Crippen LogP contribution >= 0.6 is 0 Å². The number of nitrogens with zero attached hydrogens (tertiary/aromatic N) is 2. The third-order valence-electron chi connectivity index (χ3n) is 4.12. The topological polar surface area (TPSA) is 75.5 Å². The van der Waals surface area contributed by atoms with Crippen LogP contribution in [0, 0.1) is 15.5 Å². The van der Waals surface area contributed by atoms with E-state index in [1.807, 2.05) is 0 Å². The van der Waals surface area contributed by atoms with Crippen molar-refractivity contribution in [3.63, 3.8) is 0 Å². The quantitative estimate of drug-likeness (QED) is 0.686. The molecule has 21 heavy (non-hydrogen) atoms. The van der Waals surface area contributed by atoms with E-state index < -0.39 is 4.92 Å². The minimum absolute atomic E-state index is 0.0688. The summed E-state index contributed by atoms with van der Waals surface area (Å²) in [7, 11) is 1.60. The molecule has 1 aromatic rings. The van der Waals surface area contributed by atoms with Crippen molar-refractivity contribution in [2.75, 3.05) is 25.5 Å². The average molecular weight is 291 g/mol. The average Bonchev–Trinajstić information content (AvgIpc) is 2.45. The molecule has 0 spiro atoms. The molecule has 0 radical (unpaired) electrons. The van der Waals surface area contributed by atoms with Gasteiger partial charge in [0.1, 0.15) is 5.69 Å². The Morgan fingerprint density at radius 1 is 1.33 bits per heavy atom. The van der Waals surface area contributed by atoms with Gasteiger partial charge in [0, 0.05) is 26.2 Å². The molecular weight excluding hydrogens is 270 g/mol. The summed E-state index contributed by atoms with van der Waals surface area (Å²) in [6.07, 6.45) is 1.89. The Labute approximate surface area is 124 Å². The molecule has 1 aliphatic heterocycles. The maximum atomic E-state index is 12.6. The van der Waals surface area contributed by atoms with Gasteiger partial charge in [-0.3, -0.25) is 14.9 Å². The number of carbonyl (C=O) groups is 1. The molecule has 1 N–H and O–H groups in total. The number of piperidine rings is 1. The molecule has 1 amide bonds. The molecule has 0 bridgehead atoms. The second kappa shape index (κ2) is 5.71. The largest absolute Gasteiger partial charge is 0.382 e. The van der Waals surface area contributed by atoms with Crippen LogP contribution < -0.4 is 5.32 Å². The van der Waals surface area contributed by atoms with Crippen LogP contribution in [0.1, 0.15) is 37.0 Å². The SMILES string of the molecule is CNc1c(C(=O)N2CCC(C)(C)CC2)cccc1[N+](=O)[O-]. The summed E-state index contributed by atoms with van der Waals surface area (Å²) in [5.74, 6) is -0.140.